The summed E-state index contributed by atoms with van der Waals surface area (Å²) in [5.74, 6) is -0.155. The van der Waals surface area contributed by atoms with E-state index in [1.54, 1.807) is 17.5 Å². The van der Waals surface area contributed by atoms with E-state index >= 15 is 0 Å². The quantitative estimate of drug-likeness (QED) is 0.687. The van der Waals surface area contributed by atoms with E-state index in [1.165, 1.54) is 38.3 Å². The third-order valence-corrected chi connectivity index (χ3v) is 10.1. The normalized spacial score (nSPS) is 18.4. The molecule has 4 rings (SSSR count). The van der Waals surface area contributed by atoms with Gasteiger partial charge < -0.3 is 5.32 Å². The van der Waals surface area contributed by atoms with Crippen molar-refractivity contribution in [3.05, 3.63) is 33.5 Å². The highest BCUT2D eigenvalue weighted by atomic mass is 32.2. The predicted octanol–water partition coefficient (Wildman–Crippen LogP) is 2.90. The van der Waals surface area contributed by atoms with Gasteiger partial charge in [-0.25, -0.2) is 8.42 Å². The lowest BCUT2D eigenvalue weighted by Gasteiger charge is -2.33. The van der Waals surface area contributed by atoms with Crippen molar-refractivity contribution in [3.63, 3.8) is 0 Å². The molecule has 2 aromatic heterocycles. The number of nitrogens with zero attached hydrogens (tertiary/aromatic N) is 3. The first kappa shape index (κ1) is 21.5. The smallest absolute Gasteiger partial charge is 0.252 e. The van der Waals surface area contributed by atoms with Crippen LogP contribution in [0.1, 0.15) is 35.3 Å². The third-order valence-electron chi connectivity index (χ3n) is 5.57. The second-order valence-corrected chi connectivity index (χ2v) is 11.8. The van der Waals surface area contributed by atoms with E-state index in [-0.39, 0.29) is 12.5 Å². The highest BCUT2D eigenvalue weighted by Crippen LogP contribution is 2.37. The Bertz CT molecular complexity index is 1050. The first-order chi connectivity index (χ1) is 14.5. The molecule has 0 radical (unpaired) electrons. The molecule has 2 aliphatic rings. The maximum atomic E-state index is 12.6. The average Bonchev–Trinajstić information content (AvgIpc) is 3.32. The molecule has 0 bridgehead atoms. The zero-order chi connectivity index (χ0) is 21.1. The summed E-state index contributed by atoms with van der Waals surface area (Å²) in [6.07, 6.45) is 5.29. The summed E-state index contributed by atoms with van der Waals surface area (Å²) < 4.78 is 27.1. The standard InChI is InChI=1S/C20H24N4O3S3/c21-13-16-15-5-2-1-3-6-17(15)29-20(16)22-18(25)14-23-8-10-24(11-9-23)30(26,27)19-7-4-12-28-19/h4,7,12H,1-3,5-6,8-11,14H2,(H,22,25). The molecule has 1 aliphatic heterocycles. The van der Waals surface area contributed by atoms with Gasteiger partial charge in [-0.15, -0.1) is 22.7 Å². The largest absolute Gasteiger partial charge is 0.315 e. The summed E-state index contributed by atoms with van der Waals surface area (Å²) in [7, 11) is -3.44. The van der Waals surface area contributed by atoms with Crippen LogP contribution in [-0.2, 0) is 27.7 Å². The number of nitrogens with one attached hydrogen (secondary N) is 1. The SMILES string of the molecule is N#Cc1c(NC(=O)CN2CCN(S(=O)(=O)c3cccs3)CC2)sc2c1CCCCC2. The van der Waals surface area contributed by atoms with Crippen molar-refractivity contribution in [2.45, 2.75) is 36.3 Å². The minimum Gasteiger partial charge on any atom is -0.315 e. The molecule has 1 amide bonds. The lowest BCUT2D eigenvalue weighted by atomic mass is 10.1. The summed E-state index contributed by atoms with van der Waals surface area (Å²) in [6, 6.07) is 5.64. The van der Waals surface area contributed by atoms with E-state index in [1.807, 2.05) is 4.90 Å². The van der Waals surface area contributed by atoms with Gasteiger partial charge in [0, 0.05) is 31.1 Å². The first-order valence-corrected chi connectivity index (χ1v) is 13.2. The summed E-state index contributed by atoms with van der Waals surface area (Å²) in [6.45, 7) is 1.93. The Labute approximate surface area is 185 Å². The molecule has 0 aromatic carbocycles. The van der Waals surface area contributed by atoms with Gasteiger partial charge in [-0.3, -0.25) is 9.69 Å². The van der Waals surface area contributed by atoms with Crippen LogP contribution in [0.2, 0.25) is 0 Å². The van der Waals surface area contributed by atoms with Crippen LogP contribution in [0.4, 0.5) is 5.00 Å². The van der Waals surface area contributed by atoms with E-state index in [0.717, 1.165) is 31.2 Å². The third kappa shape index (κ3) is 4.45. The van der Waals surface area contributed by atoms with Gasteiger partial charge in [0.25, 0.3) is 10.0 Å². The van der Waals surface area contributed by atoms with Crippen LogP contribution in [0.25, 0.3) is 0 Å². The Morgan fingerprint density at radius 1 is 1.17 bits per heavy atom. The Hall–Kier alpha value is -1.77. The number of anilines is 1. The molecule has 10 heteroatoms. The number of amides is 1. The fraction of sp³-hybridized carbons (Fsp3) is 0.500. The monoisotopic (exact) mass is 464 g/mol. The number of hydrogen-bond donors (Lipinski definition) is 1. The number of fused-ring (bicyclic) bond motifs is 1. The van der Waals surface area contributed by atoms with Crippen molar-refractivity contribution in [1.82, 2.24) is 9.21 Å². The van der Waals surface area contributed by atoms with Gasteiger partial charge in [0.1, 0.15) is 15.3 Å². The van der Waals surface area contributed by atoms with Crippen molar-refractivity contribution in [3.8, 4) is 6.07 Å². The van der Waals surface area contributed by atoms with E-state index in [0.29, 0.717) is 41.0 Å². The fourth-order valence-corrected chi connectivity index (χ4v) is 7.81. The van der Waals surface area contributed by atoms with Crippen LogP contribution in [0, 0.1) is 11.3 Å². The van der Waals surface area contributed by atoms with Crippen molar-refractivity contribution in [2.24, 2.45) is 0 Å². The zero-order valence-corrected chi connectivity index (χ0v) is 19.0. The lowest BCUT2D eigenvalue weighted by Crippen LogP contribution is -2.50. The van der Waals surface area contributed by atoms with Gasteiger partial charge in [0.05, 0.1) is 12.1 Å². The van der Waals surface area contributed by atoms with Crippen LogP contribution >= 0.6 is 22.7 Å². The number of carbonyl (C=O) groups excluding carboxylic acids is 1. The van der Waals surface area contributed by atoms with E-state index in [9.17, 15) is 18.5 Å². The number of nitriles is 1. The fourth-order valence-electron chi connectivity index (χ4n) is 3.98. The molecule has 7 nitrogen and oxygen atoms in total. The lowest BCUT2D eigenvalue weighted by molar-refractivity contribution is -0.117. The number of rotatable bonds is 5. The molecule has 0 saturated carbocycles. The highest BCUT2D eigenvalue weighted by molar-refractivity contribution is 7.91. The minimum absolute atomic E-state index is 0.155. The van der Waals surface area contributed by atoms with Gasteiger partial charge in [-0.05, 0) is 42.7 Å². The first-order valence-electron chi connectivity index (χ1n) is 10.1. The molecule has 0 spiro atoms. The maximum absolute atomic E-state index is 12.6. The second kappa shape index (κ2) is 9.16. The number of hydrogen-bond acceptors (Lipinski definition) is 7. The Balaban J connectivity index is 1.34. The topological polar surface area (TPSA) is 93.5 Å². The highest BCUT2D eigenvalue weighted by Gasteiger charge is 2.30. The molecule has 3 heterocycles. The maximum Gasteiger partial charge on any atom is 0.252 e. The number of aryl methyl sites for hydroxylation is 1. The van der Waals surface area contributed by atoms with Crippen LogP contribution in [0.15, 0.2) is 21.7 Å². The van der Waals surface area contributed by atoms with Gasteiger partial charge in [0.15, 0.2) is 0 Å². The van der Waals surface area contributed by atoms with E-state index in [2.05, 4.69) is 11.4 Å². The van der Waals surface area contributed by atoms with Gasteiger partial charge in [-0.2, -0.15) is 9.57 Å². The minimum atomic E-state index is -3.44. The Morgan fingerprint density at radius 3 is 2.63 bits per heavy atom. The van der Waals surface area contributed by atoms with Gasteiger partial charge >= 0.3 is 0 Å². The predicted molar refractivity (Wildman–Crippen MR) is 118 cm³/mol. The summed E-state index contributed by atoms with van der Waals surface area (Å²) in [5, 5.41) is 15.0. The van der Waals surface area contributed by atoms with Gasteiger partial charge in [-0.1, -0.05) is 12.5 Å². The molecular weight excluding hydrogens is 440 g/mol. The number of sulfonamides is 1. The van der Waals surface area contributed by atoms with Crippen LogP contribution < -0.4 is 5.32 Å². The molecule has 1 aliphatic carbocycles. The molecule has 160 valence electrons. The summed E-state index contributed by atoms with van der Waals surface area (Å²) in [4.78, 5) is 15.8. The van der Waals surface area contributed by atoms with Crippen molar-refractivity contribution >= 4 is 43.6 Å². The van der Waals surface area contributed by atoms with E-state index < -0.39 is 10.0 Å². The molecule has 30 heavy (non-hydrogen) atoms. The van der Waals surface area contributed by atoms with Crippen LogP contribution in [0.5, 0.6) is 0 Å². The van der Waals surface area contributed by atoms with E-state index in [4.69, 9.17) is 0 Å². The van der Waals surface area contributed by atoms with Crippen LogP contribution in [-0.4, -0.2) is 56.3 Å². The molecule has 0 atom stereocenters. The number of carbonyl (C=O) groups is 1. The summed E-state index contributed by atoms with van der Waals surface area (Å²) in [5.41, 5.74) is 1.74. The Morgan fingerprint density at radius 2 is 1.93 bits per heavy atom. The second-order valence-electron chi connectivity index (χ2n) is 7.54. The molecule has 0 unspecified atom stereocenters. The van der Waals surface area contributed by atoms with Gasteiger partial charge in [0.2, 0.25) is 5.91 Å². The molecule has 1 saturated heterocycles. The molecule has 2 aromatic rings. The molecular formula is C20H24N4O3S3. The average molecular weight is 465 g/mol. The number of thiophene rings is 2. The number of piperazine rings is 1. The molecule has 1 N–H and O–H groups in total. The molecule has 1 fully saturated rings. The van der Waals surface area contributed by atoms with Crippen molar-refractivity contribution in [2.75, 3.05) is 38.0 Å². The van der Waals surface area contributed by atoms with Crippen LogP contribution in [0.3, 0.4) is 0 Å². The van der Waals surface area contributed by atoms with Crippen molar-refractivity contribution < 1.29 is 13.2 Å². The summed E-state index contributed by atoms with van der Waals surface area (Å²) >= 11 is 2.75. The van der Waals surface area contributed by atoms with Crippen molar-refractivity contribution in [1.29, 1.82) is 5.26 Å². The Kier molecular flexibility index (Phi) is 6.55. The zero-order valence-electron chi connectivity index (χ0n) is 16.6.